The average molecular weight is 167 g/mol. The van der Waals surface area contributed by atoms with Gasteiger partial charge in [-0.25, -0.2) is 0 Å². The van der Waals surface area contributed by atoms with Gasteiger partial charge in [-0.3, -0.25) is 0 Å². The number of allylic oxidation sites excluding steroid dienone is 3. The Balaban J connectivity index is 0. The van der Waals surface area contributed by atoms with Crippen molar-refractivity contribution in [2.75, 3.05) is 6.54 Å². The highest BCUT2D eigenvalue weighted by atomic mass is 14.5. The molecule has 0 aromatic rings. The number of nitrogens with two attached hydrogens (primary N) is 1. The van der Waals surface area contributed by atoms with Crippen molar-refractivity contribution < 1.29 is 0 Å². The molecule has 0 aliphatic heterocycles. The van der Waals surface area contributed by atoms with E-state index in [1.54, 1.807) is 6.08 Å². The minimum atomic E-state index is 0.564. The van der Waals surface area contributed by atoms with Crippen LogP contribution in [0.15, 0.2) is 36.0 Å². The van der Waals surface area contributed by atoms with E-state index in [1.807, 2.05) is 39.8 Å². The maximum Gasteiger partial charge on any atom is 0.0177 e. The molecule has 0 aromatic heterocycles. The molecule has 0 saturated heterocycles. The number of hydrogen-bond donors (Lipinski definition) is 1. The summed E-state index contributed by atoms with van der Waals surface area (Å²) in [6, 6.07) is 0. The first-order valence-corrected chi connectivity index (χ1v) is 4.40. The van der Waals surface area contributed by atoms with Crippen LogP contribution in [0.25, 0.3) is 0 Å². The molecule has 0 aliphatic carbocycles. The Morgan fingerprint density at radius 3 is 2.17 bits per heavy atom. The lowest BCUT2D eigenvalue weighted by molar-refractivity contribution is 1.18. The van der Waals surface area contributed by atoms with Gasteiger partial charge in [0.15, 0.2) is 0 Å². The second kappa shape index (κ2) is 10.2. The van der Waals surface area contributed by atoms with Gasteiger partial charge in [-0.1, -0.05) is 44.2 Å². The van der Waals surface area contributed by atoms with E-state index in [0.717, 1.165) is 5.57 Å². The fourth-order valence-electron chi connectivity index (χ4n) is 0.577. The van der Waals surface area contributed by atoms with E-state index in [-0.39, 0.29) is 0 Å². The largest absolute Gasteiger partial charge is 0.326 e. The monoisotopic (exact) mass is 167 g/mol. The van der Waals surface area contributed by atoms with Gasteiger partial charge in [-0.05, 0) is 19.4 Å². The van der Waals surface area contributed by atoms with Crippen molar-refractivity contribution in [1.29, 1.82) is 0 Å². The summed E-state index contributed by atoms with van der Waals surface area (Å²) in [7, 11) is 0. The van der Waals surface area contributed by atoms with Gasteiger partial charge in [0.2, 0.25) is 0 Å². The van der Waals surface area contributed by atoms with E-state index in [1.165, 1.54) is 5.57 Å². The molecule has 1 heteroatoms. The third kappa shape index (κ3) is 7.29. The van der Waals surface area contributed by atoms with Crippen molar-refractivity contribution in [3.63, 3.8) is 0 Å². The Hall–Kier alpha value is -0.820. The normalized spacial score (nSPS) is 11.8. The van der Waals surface area contributed by atoms with E-state index in [2.05, 4.69) is 6.58 Å². The lowest BCUT2D eigenvalue weighted by Gasteiger charge is -1.95. The number of hydrogen-bond acceptors (Lipinski definition) is 1. The molecule has 0 aliphatic rings. The van der Waals surface area contributed by atoms with Gasteiger partial charge in [0.25, 0.3) is 0 Å². The molecule has 0 atom stereocenters. The summed E-state index contributed by atoms with van der Waals surface area (Å²) >= 11 is 0. The molecule has 0 fully saturated rings. The Kier molecular flexibility index (Phi) is 11.7. The van der Waals surface area contributed by atoms with Crippen molar-refractivity contribution >= 4 is 0 Å². The van der Waals surface area contributed by atoms with E-state index >= 15 is 0 Å². The first kappa shape index (κ1) is 13.7. The van der Waals surface area contributed by atoms with E-state index in [4.69, 9.17) is 5.73 Å². The first-order chi connectivity index (χ1) is 5.74. The second-order valence-electron chi connectivity index (χ2n) is 2.16. The molecule has 0 aromatic carbocycles. The molecule has 0 bridgehead atoms. The van der Waals surface area contributed by atoms with Gasteiger partial charge >= 0.3 is 0 Å². The predicted octanol–water partition coefficient (Wildman–Crippen LogP) is 3.05. The summed E-state index contributed by atoms with van der Waals surface area (Å²) in [5.74, 6) is 0. The predicted molar refractivity (Wildman–Crippen MR) is 58.1 cm³/mol. The molecule has 1 nitrogen and oxygen atoms in total. The quantitative estimate of drug-likeness (QED) is 0.642. The molecule has 0 radical (unpaired) electrons. The maximum absolute atomic E-state index is 5.42. The van der Waals surface area contributed by atoms with Gasteiger partial charge < -0.3 is 5.73 Å². The highest BCUT2D eigenvalue weighted by molar-refractivity contribution is 5.28. The minimum Gasteiger partial charge on any atom is -0.326 e. The van der Waals surface area contributed by atoms with Crippen LogP contribution in [0.5, 0.6) is 0 Å². The maximum atomic E-state index is 5.42. The third-order valence-electron chi connectivity index (χ3n) is 1.37. The SMILES string of the molecule is C=C/C(=C\C(C)=C/C)CN.CC. The van der Waals surface area contributed by atoms with Crippen LogP contribution < -0.4 is 5.73 Å². The summed E-state index contributed by atoms with van der Waals surface area (Å²) in [6.45, 7) is 12.3. The summed E-state index contributed by atoms with van der Waals surface area (Å²) < 4.78 is 0. The first-order valence-electron chi connectivity index (χ1n) is 4.40. The molecule has 0 spiro atoms. The fourth-order valence-corrected chi connectivity index (χ4v) is 0.577. The van der Waals surface area contributed by atoms with Crippen LogP contribution in [0.4, 0.5) is 0 Å². The highest BCUT2D eigenvalue weighted by Crippen LogP contribution is 2.00. The van der Waals surface area contributed by atoms with Crippen LogP contribution in [-0.4, -0.2) is 6.54 Å². The molecule has 12 heavy (non-hydrogen) atoms. The Labute approximate surface area is 76.7 Å². The van der Waals surface area contributed by atoms with Gasteiger partial charge in [0, 0.05) is 6.54 Å². The third-order valence-corrected chi connectivity index (χ3v) is 1.37. The smallest absolute Gasteiger partial charge is 0.0177 e. The van der Waals surface area contributed by atoms with Crippen LogP contribution >= 0.6 is 0 Å². The molecular formula is C11H21N. The molecular weight excluding hydrogens is 146 g/mol. The van der Waals surface area contributed by atoms with Crippen molar-refractivity contribution in [3.8, 4) is 0 Å². The lowest BCUT2D eigenvalue weighted by Crippen LogP contribution is -2.00. The molecule has 0 heterocycles. The van der Waals surface area contributed by atoms with Gasteiger partial charge in [0.05, 0.1) is 0 Å². The molecule has 0 saturated carbocycles. The van der Waals surface area contributed by atoms with Crippen LogP contribution in [0.3, 0.4) is 0 Å². The van der Waals surface area contributed by atoms with E-state index in [9.17, 15) is 0 Å². The molecule has 0 rings (SSSR count). The zero-order chi connectivity index (χ0) is 9.98. The molecule has 70 valence electrons. The second-order valence-corrected chi connectivity index (χ2v) is 2.16. The minimum absolute atomic E-state index is 0.564. The van der Waals surface area contributed by atoms with Gasteiger partial charge in [-0.2, -0.15) is 0 Å². The zero-order valence-electron chi connectivity index (χ0n) is 8.72. The average Bonchev–Trinajstić information content (AvgIpc) is 2.16. The Morgan fingerprint density at radius 1 is 1.42 bits per heavy atom. The van der Waals surface area contributed by atoms with E-state index in [0.29, 0.717) is 6.54 Å². The Bertz CT molecular complexity index is 164. The fraction of sp³-hybridized carbons (Fsp3) is 0.455. The van der Waals surface area contributed by atoms with Crippen LogP contribution in [0.2, 0.25) is 0 Å². The van der Waals surface area contributed by atoms with Crippen LogP contribution in [0.1, 0.15) is 27.7 Å². The standard InChI is InChI=1S/C9H15N.C2H6/c1-4-8(3)6-9(5-2)7-10;1-2/h4-6H,2,7,10H2,1,3H3;1-2H3/b8-4-,9-6+;. The molecule has 0 amide bonds. The Morgan fingerprint density at radius 2 is 1.92 bits per heavy atom. The van der Waals surface area contributed by atoms with Crippen molar-refractivity contribution in [1.82, 2.24) is 0 Å². The summed E-state index contributed by atoms with van der Waals surface area (Å²) in [4.78, 5) is 0. The topological polar surface area (TPSA) is 26.0 Å². The summed E-state index contributed by atoms with van der Waals surface area (Å²) in [5, 5.41) is 0. The van der Waals surface area contributed by atoms with Crippen molar-refractivity contribution in [3.05, 3.63) is 36.0 Å². The van der Waals surface area contributed by atoms with Gasteiger partial charge in [-0.15, -0.1) is 0 Å². The lowest BCUT2D eigenvalue weighted by atomic mass is 10.1. The molecule has 0 unspecified atom stereocenters. The van der Waals surface area contributed by atoms with Gasteiger partial charge in [0.1, 0.15) is 0 Å². The molecule has 2 N–H and O–H groups in total. The summed E-state index contributed by atoms with van der Waals surface area (Å²) in [5.41, 5.74) is 7.72. The summed E-state index contributed by atoms with van der Waals surface area (Å²) in [6.07, 6.45) is 5.86. The van der Waals surface area contributed by atoms with Crippen LogP contribution in [-0.2, 0) is 0 Å². The van der Waals surface area contributed by atoms with E-state index < -0.39 is 0 Å². The zero-order valence-corrected chi connectivity index (χ0v) is 8.72. The van der Waals surface area contributed by atoms with Crippen LogP contribution in [0, 0.1) is 0 Å². The van der Waals surface area contributed by atoms with Crippen molar-refractivity contribution in [2.24, 2.45) is 5.73 Å². The van der Waals surface area contributed by atoms with Crippen molar-refractivity contribution in [2.45, 2.75) is 27.7 Å². The number of rotatable bonds is 3. The highest BCUT2D eigenvalue weighted by Gasteiger charge is 1.85.